The molecule has 2 nitrogen and oxygen atoms in total. The summed E-state index contributed by atoms with van der Waals surface area (Å²) in [6.45, 7) is 0. The van der Waals surface area contributed by atoms with E-state index in [1.165, 1.54) is 16.7 Å². The topological polar surface area (TPSA) is 25.0 Å². The Balaban J connectivity index is 1.90. The highest BCUT2D eigenvalue weighted by atomic mass is 32.1. The smallest absolute Gasteiger partial charge is 0.158 e. The van der Waals surface area contributed by atoms with Crippen LogP contribution in [0.15, 0.2) is 54.7 Å². The molecule has 1 heterocycles. The average molecular weight is 299 g/mol. The number of hydrogen-bond acceptors (Lipinski definition) is 3. The highest BCUT2D eigenvalue weighted by Gasteiger charge is 2.02. The number of aromatic amines is 1. The third-order valence-corrected chi connectivity index (χ3v) is 4.36. The molecule has 0 atom stereocenters. The van der Waals surface area contributed by atoms with Crippen molar-refractivity contribution in [2.45, 2.75) is 0 Å². The van der Waals surface area contributed by atoms with Gasteiger partial charge in [-0.1, -0.05) is 36.4 Å². The van der Waals surface area contributed by atoms with E-state index in [2.05, 4.69) is 41.4 Å². The quantitative estimate of drug-likeness (QED) is 0.677. The summed E-state index contributed by atoms with van der Waals surface area (Å²) in [7, 11) is 1.68. The number of methoxy groups -OCH3 is 1. The molecular weight excluding hydrogens is 286 g/mol. The number of aromatic nitrogens is 1. The minimum absolute atomic E-state index is 0.805. The average Bonchev–Trinajstić information content (AvgIpc) is 2.94. The maximum Gasteiger partial charge on any atom is 0.158 e. The number of nitrogens with one attached hydrogen (secondary N) is 1. The first-order valence-corrected chi connectivity index (χ1v) is 7.42. The van der Waals surface area contributed by atoms with Crippen LogP contribution in [0.5, 0.6) is 5.75 Å². The van der Waals surface area contributed by atoms with Crippen molar-refractivity contribution in [2.24, 2.45) is 0 Å². The highest BCUT2D eigenvalue weighted by molar-refractivity contribution is 7.73. The van der Waals surface area contributed by atoms with Gasteiger partial charge in [0.05, 0.1) is 12.0 Å². The highest BCUT2D eigenvalue weighted by Crippen LogP contribution is 2.28. The van der Waals surface area contributed by atoms with Gasteiger partial charge in [-0.25, -0.2) is 0 Å². The molecule has 0 amide bonds. The van der Waals surface area contributed by atoms with E-state index < -0.39 is 0 Å². The van der Waals surface area contributed by atoms with E-state index in [9.17, 15) is 0 Å². The minimum Gasteiger partial charge on any atom is -0.497 e. The van der Waals surface area contributed by atoms with Gasteiger partial charge in [0.1, 0.15) is 5.75 Å². The summed E-state index contributed by atoms with van der Waals surface area (Å²) < 4.78 is 5.98. The van der Waals surface area contributed by atoms with E-state index in [1.807, 2.05) is 18.3 Å². The second kappa shape index (κ2) is 5.61. The van der Waals surface area contributed by atoms with E-state index in [4.69, 9.17) is 17.0 Å². The van der Waals surface area contributed by atoms with E-state index in [0.717, 1.165) is 14.6 Å². The Morgan fingerprint density at radius 1 is 0.900 bits per heavy atom. The number of H-pyrrole nitrogens is 1. The zero-order chi connectivity index (χ0) is 13.9. The number of thiazole rings is 1. The Kier molecular flexibility index (Phi) is 3.67. The summed E-state index contributed by atoms with van der Waals surface area (Å²) in [6, 6.07) is 16.6. The zero-order valence-electron chi connectivity index (χ0n) is 10.9. The van der Waals surface area contributed by atoms with Crippen LogP contribution >= 0.6 is 23.6 Å². The molecule has 3 rings (SSSR count). The lowest BCUT2D eigenvalue weighted by Gasteiger charge is -2.05. The van der Waals surface area contributed by atoms with Crippen LogP contribution in [-0.4, -0.2) is 12.1 Å². The first-order valence-electron chi connectivity index (χ1n) is 6.19. The molecule has 0 radical (unpaired) electrons. The first-order chi connectivity index (χ1) is 9.76. The van der Waals surface area contributed by atoms with Crippen LogP contribution in [0.25, 0.3) is 21.6 Å². The molecule has 100 valence electrons. The molecule has 4 heteroatoms. The van der Waals surface area contributed by atoms with Crippen LogP contribution in [-0.2, 0) is 0 Å². The maximum atomic E-state index is 5.17. The van der Waals surface area contributed by atoms with E-state index in [1.54, 1.807) is 18.4 Å². The van der Waals surface area contributed by atoms with Gasteiger partial charge in [-0.05, 0) is 41.0 Å². The summed E-state index contributed by atoms with van der Waals surface area (Å²) in [4.78, 5) is 4.21. The van der Waals surface area contributed by atoms with E-state index in [-0.39, 0.29) is 0 Å². The van der Waals surface area contributed by atoms with E-state index >= 15 is 0 Å². The summed E-state index contributed by atoms with van der Waals surface area (Å²) in [6.07, 6.45) is 1.95. The molecule has 3 aromatic rings. The molecule has 0 fully saturated rings. The summed E-state index contributed by atoms with van der Waals surface area (Å²) in [5.41, 5.74) is 3.55. The lowest BCUT2D eigenvalue weighted by molar-refractivity contribution is 0.415. The second-order valence-corrected chi connectivity index (χ2v) is 6.07. The largest absolute Gasteiger partial charge is 0.497 e. The fourth-order valence-electron chi connectivity index (χ4n) is 2.04. The van der Waals surface area contributed by atoms with Crippen molar-refractivity contribution in [2.75, 3.05) is 7.11 Å². The summed E-state index contributed by atoms with van der Waals surface area (Å²) in [5, 5.41) is 0. The first kappa shape index (κ1) is 13.1. The normalized spacial score (nSPS) is 10.4. The van der Waals surface area contributed by atoms with Crippen molar-refractivity contribution in [3.8, 4) is 27.3 Å². The predicted octanol–water partition coefficient (Wildman–Crippen LogP) is 5.15. The molecule has 0 bridgehead atoms. The van der Waals surface area contributed by atoms with Crippen LogP contribution in [0.4, 0.5) is 0 Å². The molecular formula is C16H13NOS2. The molecule has 0 spiro atoms. The number of benzene rings is 2. The lowest BCUT2D eigenvalue weighted by Crippen LogP contribution is -1.83. The van der Waals surface area contributed by atoms with Crippen molar-refractivity contribution < 1.29 is 4.74 Å². The number of hydrogen-bond donors (Lipinski definition) is 1. The van der Waals surface area contributed by atoms with Gasteiger partial charge in [0.2, 0.25) is 0 Å². The van der Waals surface area contributed by atoms with Crippen LogP contribution in [0, 0.1) is 3.95 Å². The minimum atomic E-state index is 0.805. The summed E-state index contributed by atoms with van der Waals surface area (Å²) >= 11 is 6.70. The van der Waals surface area contributed by atoms with Crippen LogP contribution in [0.3, 0.4) is 0 Å². The molecule has 0 aliphatic rings. The Morgan fingerprint density at radius 2 is 1.45 bits per heavy atom. The molecule has 0 unspecified atom stereocenters. The van der Waals surface area contributed by atoms with Gasteiger partial charge in [0.25, 0.3) is 0 Å². The molecule has 2 aromatic carbocycles. The van der Waals surface area contributed by atoms with Gasteiger partial charge in [-0.15, -0.1) is 11.3 Å². The fraction of sp³-hybridized carbons (Fsp3) is 0.0625. The van der Waals surface area contributed by atoms with Crippen molar-refractivity contribution in [3.05, 3.63) is 58.7 Å². The monoisotopic (exact) mass is 299 g/mol. The van der Waals surface area contributed by atoms with Gasteiger partial charge in [0.15, 0.2) is 3.95 Å². The van der Waals surface area contributed by atoms with Gasteiger partial charge in [0, 0.05) is 6.20 Å². The molecule has 0 aliphatic carbocycles. The van der Waals surface area contributed by atoms with E-state index in [0.29, 0.717) is 0 Å². The third kappa shape index (κ3) is 2.66. The summed E-state index contributed by atoms with van der Waals surface area (Å²) in [5.74, 6) is 0.873. The molecule has 0 aliphatic heterocycles. The Labute approximate surface area is 126 Å². The third-order valence-electron chi connectivity index (χ3n) is 3.12. The Hall–Kier alpha value is -1.91. The van der Waals surface area contributed by atoms with Crippen LogP contribution in [0.1, 0.15) is 0 Å². The van der Waals surface area contributed by atoms with Gasteiger partial charge < -0.3 is 9.72 Å². The SMILES string of the molecule is COc1ccc(-c2ccc(-c3c[nH]c(=S)s3)cc2)cc1. The Morgan fingerprint density at radius 3 is 1.95 bits per heavy atom. The standard InChI is InChI=1S/C16H13NOS2/c1-18-14-8-6-12(7-9-14)11-2-4-13(5-3-11)15-10-17-16(19)20-15/h2-10H,1H3,(H,17,19). The van der Waals surface area contributed by atoms with Gasteiger partial charge in [-0.2, -0.15) is 0 Å². The number of ether oxygens (including phenoxy) is 1. The van der Waals surface area contributed by atoms with Crippen LogP contribution < -0.4 is 4.74 Å². The molecule has 0 saturated carbocycles. The van der Waals surface area contributed by atoms with Gasteiger partial charge in [-0.3, -0.25) is 0 Å². The van der Waals surface area contributed by atoms with Crippen molar-refractivity contribution in [1.82, 2.24) is 4.98 Å². The molecule has 20 heavy (non-hydrogen) atoms. The van der Waals surface area contributed by atoms with Gasteiger partial charge >= 0.3 is 0 Å². The Bertz CT molecular complexity index is 754. The fourth-order valence-corrected chi connectivity index (χ4v) is 3.05. The van der Waals surface area contributed by atoms with Crippen molar-refractivity contribution in [3.63, 3.8) is 0 Å². The molecule has 1 N–H and O–H groups in total. The van der Waals surface area contributed by atoms with Crippen molar-refractivity contribution >= 4 is 23.6 Å². The van der Waals surface area contributed by atoms with Crippen molar-refractivity contribution in [1.29, 1.82) is 0 Å². The second-order valence-electron chi connectivity index (χ2n) is 4.35. The maximum absolute atomic E-state index is 5.17. The zero-order valence-corrected chi connectivity index (χ0v) is 12.6. The number of rotatable bonds is 3. The molecule has 1 aromatic heterocycles. The molecule has 0 saturated heterocycles. The lowest BCUT2D eigenvalue weighted by atomic mass is 10.0. The van der Waals surface area contributed by atoms with Crippen LogP contribution in [0.2, 0.25) is 0 Å². The predicted molar refractivity (Wildman–Crippen MR) is 86.9 cm³/mol.